The first kappa shape index (κ1) is 7.05. The van der Waals surface area contributed by atoms with Gasteiger partial charge in [0.25, 0.3) is 0 Å². The first-order valence-electron chi connectivity index (χ1n) is 2.88. The highest BCUT2D eigenvalue weighted by Crippen LogP contribution is 1.95. The molecule has 0 aromatic carbocycles. The molecule has 0 atom stereocenters. The van der Waals surface area contributed by atoms with Gasteiger partial charge in [0.1, 0.15) is 5.82 Å². The number of hydrogen-bond acceptors (Lipinski definition) is 1. The second kappa shape index (κ2) is 3.20. The molecule has 1 aromatic heterocycles. The van der Waals surface area contributed by atoms with E-state index in [1.54, 1.807) is 0 Å². The Balaban J connectivity index is 2.69. The molecule has 1 heterocycles. The van der Waals surface area contributed by atoms with E-state index < -0.39 is 0 Å². The Hall–Kier alpha value is -0.0600. The second-order valence-electron chi connectivity index (χ2n) is 1.86. The van der Waals surface area contributed by atoms with Crippen LogP contribution in [0.2, 0.25) is 0 Å². The van der Waals surface area contributed by atoms with E-state index in [2.05, 4.69) is 32.1 Å². The van der Waals surface area contributed by atoms with Crippen molar-refractivity contribution in [1.82, 2.24) is 9.55 Å². The van der Waals surface area contributed by atoms with Gasteiger partial charge in [-0.3, -0.25) is 0 Å². The zero-order chi connectivity index (χ0) is 6.69. The topological polar surface area (TPSA) is 17.8 Å². The summed E-state index contributed by atoms with van der Waals surface area (Å²) in [6.45, 7) is 3.10. The van der Waals surface area contributed by atoms with E-state index >= 15 is 0 Å². The van der Waals surface area contributed by atoms with Crippen LogP contribution in [0.3, 0.4) is 0 Å². The molecule has 0 unspecified atom stereocenters. The molecule has 1 aromatic rings. The maximum absolute atomic E-state index is 4.09. The van der Waals surface area contributed by atoms with Gasteiger partial charge in [0.2, 0.25) is 0 Å². The molecule has 0 aliphatic rings. The summed E-state index contributed by atoms with van der Waals surface area (Å²) in [5.41, 5.74) is 0. The number of hydrogen-bond donors (Lipinski definition) is 0. The van der Waals surface area contributed by atoms with Crippen LogP contribution in [-0.4, -0.2) is 14.0 Å². The zero-order valence-electron chi connectivity index (χ0n) is 5.34. The molecule has 0 saturated heterocycles. The van der Waals surface area contributed by atoms with Crippen molar-refractivity contribution in [3.05, 3.63) is 18.2 Å². The van der Waals surface area contributed by atoms with Crippen LogP contribution < -0.4 is 0 Å². The second-order valence-corrected chi connectivity index (χ2v) is 2.94. The average molecular weight is 236 g/mol. The molecule has 1 rings (SSSR count). The summed E-state index contributed by atoms with van der Waals surface area (Å²) in [6, 6.07) is 0. The van der Waals surface area contributed by atoms with Crippen molar-refractivity contribution >= 4 is 22.6 Å². The lowest BCUT2D eigenvalue weighted by atomic mass is 10.6. The lowest BCUT2D eigenvalue weighted by Crippen LogP contribution is -1.98. The number of alkyl halides is 1. The van der Waals surface area contributed by atoms with Gasteiger partial charge in [0.05, 0.1) is 0 Å². The summed E-state index contributed by atoms with van der Waals surface area (Å²) in [5, 5.41) is 0. The van der Waals surface area contributed by atoms with Crippen molar-refractivity contribution in [2.24, 2.45) is 0 Å². The third-order valence-corrected chi connectivity index (χ3v) is 1.73. The van der Waals surface area contributed by atoms with E-state index in [4.69, 9.17) is 0 Å². The Morgan fingerprint density at radius 3 is 3.00 bits per heavy atom. The minimum atomic E-state index is 1.08. The Labute approximate surface area is 68.4 Å². The summed E-state index contributed by atoms with van der Waals surface area (Å²) in [4.78, 5) is 4.09. The van der Waals surface area contributed by atoms with Crippen molar-refractivity contribution in [2.75, 3.05) is 4.43 Å². The number of aromatic nitrogens is 2. The van der Waals surface area contributed by atoms with Crippen LogP contribution in [0.4, 0.5) is 0 Å². The highest BCUT2D eigenvalue weighted by molar-refractivity contribution is 14.1. The quantitative estimate of drug-likeness (QED) is 0.563. The smallest absolute Gasteiger partial charge is 0.105 e. The molecule has 50 valence electrons. The minimum absolute atomic E-state index is 1.08. The molecule has 0 aliphatic carbocycles. The summed E-state index contributed by atoms with van der Waals surface area (Å²) >= 11 is 2.36. The van der Waals surface area contributed by atoms with Gasteiger partial charge < -0.3 is 4.57 Å². The van der Waals surface area contributed by atoms with Gasteiger partial charge in [-0.05, 0) is 6.92 Å². The molecule has 2 nitrogen and oxygen atoms in total. The maximum atomic E-state index is 4.09. The largest absolute Gasteiger partial charge is 0.334 e. The van der Waals surface area contributed by atoms with Crippen LogP contribution in [0.1, 0.15) is 5.82 Å². The summed E-state index contributed by atoms with van der Waals surface area (Å²) in [7, 11) is 0. The van der Waals surface area contributed by atoms with Crippen LogP contribution in [-0.2, 0) is 6.54 Å². The van der Waals surface area contributed by atoms with Gasteiger partial charge in [-0.25, -0.2) is 4.98 Å². The van der Waals surface area contributed by atoms with Gasteiger partial charge >= 0.3 is 0 Å². The molecule has 3 heteroatoms. The van der Waals surface area contributed by atoms with Gasteiger partial charge in [-0.2, -0.15) is 0 Å². The van der Waals surface area contributed by atoms with Gasteiger partial charge in [0, 0.05) is 23.4 Å². The average Bonchev–Trinajstić information content (AvgIpc) is 2.18. The van der Waals surface area contributed by atoms with Crippen LogP contribution in [0.25, 0.3) is 0 Å². The van der Waals surface area contributed by atoms with Gasteiger partial charge in [0.15, 0.2) is 0 Å². The number of nitrogens with zero attached hydrogens (tertiary/aromatic N) is 2. The molecule has 0 amide bonds. The zero-order valence-corrected chi connectivity index (χ0v) is 7.50. The summed E-state index contributed by atoms with van der Waals surface area (Å²) in [5.74, 6) is 1.10. The highest BCUT2D eigenvalue weighted by atomic mass is 127. The van der Waals surface area contributed by atoms with Crippen molar-refractivity contribution in [3.63, 3.8) is 0 Å². The third kappa shape index (κ3) is 1.67. The Kier molecular flexibility index (Phi) is 2.50. The predicted molar refractivity (Wildman–Crippen MR) is 45.9 cm³/mol. The van der Waals surface area contributed by atoms with E-state index in [9.17, 15) is 0 Å². The van der Waals surface area contributed by atoms with Crippen LogP contribution in [0, 0.1) is 6.92 Å². The molecular formula is C6H9IN2. The number of aryl methyl sites for hydroxylation is 2. The predicted octanol–water partition coefficient (Wildman–Crippen LogP) is 1.63. The van der Waals surface area contributed by atoms with E-state index in [-0.39, 0.29) is 0 Å². The monoisotopic (exact) mass is 236 g/mol. The van der Waals surface area contributed by atoms with Crippen molar-refractivity contribution in [3.8, 4) is 0 Å². The maximum Gasteiger partial charge on any atom is 0.105 e. The molecule has 0 radical (unpaired) electrons. The summed E-state index contributed by atoms with van der Waals surface area (Å²) in [6.07, 6.45) is 3.84. The fraction of sp³-hybridized carbons (Fsp3) is 0.500. The minimum Gasteiger partial charge on any atom is -0.334 e. The third-order valence-electron chi connectivity index (χ3n) is 1.25. The molecule has 0 saturated carbocycles. The highest BCUT2D eigenvalue weighted by Gasteiger charge is 1.91. The Bertz CT molecular complexity index is 183. The standard InChI is InChI=1S/C6H9IN2/c1-6-8-3-5-9(6)4-2-7/h3,5H,2,4H2,1H3. The fourth-order valence-electron chi connectivity index (χ4n) is 0.731. The lowest BCUT2D eigenvalue weighted by molar-refractivity contribution is 0.745. The van der Waals surface area contributed by atoms with Crippen LogP contribution in [0.5, 0.6) is 0 Å². The van der Waals surface area contributed by atoms with E-state index in [0.717, 1.165) is 16.8 Å². The van der Waals surface area contributed by atoms with Crippen LogP contribution >= 0.6 is 22.6 Å². The molecular weight excluding hydrogens is 227 g/mol. The van der Waals surface area contributed by atoms with E-state index in [1.807, 2.05) is 19.3 Å². The molecule has 0 spiro atoms. The number of rotatable bonds is 2. The first-order valence-corrected chi connectivity index (χ1v) is 4.41. The van der Waals surface area contributed by atoms with E-state index in [1.165, 1.54) is 0 Å². The molecule has 0 bridgehead atoms. The van der Waals surface area contributed by atoms with Crippen molar-refractivity contribution in [2.45, 2.75) is 13.5 Å². The van der Waals surface area contributed by atoms with Gasteiger partial charge in [-0.1, -0.05) is 22.6 Å². The first-order chi connectivity index (χ1) is 4.34. The van der Waals surface area contributed by atoms with Crippen molar-refractivity contribution < 1.29 is 0 Å². The van der Waals surface area contributed by atoms with E-state index in [0.29, 0.717) is 0 Å². The Morgan fingerprint density at radius 1 is 1.78 bits per heavy atom. The SMILES string of the molecule is Cc1nccn1CCI. The Morgan fingerprint density at radius 2 is 2.56 bits per heavy atom. The van der Waals surface area contributed by atoms with Crippen molar-refractivity contribution in [1.29, 1.82) is 0 Å². The number of imidazole rings is 1. The lowest BCUT2D eigenvalue weighted by Gasteiger charge is -1.98. The molecule has 0 N–H and O–H groups in total. The molecule has 0 aliphatic heterocycles. The normalized spacial score (nSPS) is 10.0. The molecule has 9 heavy (non-hydrogen) atoms. The fourth-order valence-corrected chi connectivity index (χ4v) is 1.25. The van der Waals surface area contributed by atoms with Crippen LogP contribution in [0.15, 0.2) is 12.4 Å². The molecule has 0 fully saturated rings. The van der Waals surface area contributed by atoms with Gasteiger partial charge in [-0.15, -0.1) is 0 Å². The number of halogens is 1. The summed E-state index contributed by atoms with van der Waals surface area (Å²) < 4.78 is 3.29.